The van der Waals surface area contributed by atoms with E-state index in [-0.39, 0.29) is 26.0 Å². The van der Waals surface area contributed by atoms with Gasteiger partial charge in [0.1, 0.15) is 30.4 Å². The molecule has 1 fully saturated rings. The molecule has 1 unspecified atom stereocenters. The van der Waals surface area contributed by atoms with E-state index in [4.69, 9.17) is 19.3 Å². The summed E-state index contributed by atoms with van der Waals surface area (Å²) in [6.45, 7) is 0.189. The quantitative estimate of drug-likeness (QED) is 0.637. The van der Waals surface area contributed by atoms with E-state index in [0.717, 1.165) is 30.2 Å². The summed E-state index contributed by atoms with van der Waals surface area (Å²) < 4.78 is 32.7. The van der Waals surface area contributed by atoms with Gasteiger partial charge in [-0.15, -0.1) is 0 Å². The molecule has 0 spiro atoms. The van der Waals surface area contributed by atoms with Crippen molar-refractivity contribution >= 4 is 17.0 Å². The van der Waals surface area contributed by atoms with Gasteiger partial charge in [0.25, 0.3) is 0 Å². The Balaban J connectivity index is 1.61. The van der Waals surface area contributed by atoms with E-state index in [9.17, 15) is 9.18 Å². The van der Waals surface area contributed by atoms with Crippen molar-refractivity contribution in [3.8, 4) is 17.1 Å². The third-order valence-corrected chi connectivity index (χ3v) is 5.28. The van der Waals surface area contributed by atoms with E-state index in [1.807, 2.05) is 16.8 Å². The molecule has 0 aliphatic carbocycles. The van der Waals surface area contributed by atoms with Gasteiger partial charge in [0.15, 0.2) is 12.4 Å². The third-order valence-electron chi connectivity index (χ3n) is 5.28. The first kappa shape index (κ1) is 19.7. The summed E-state index contributed by atoms with van der Waals surface area (Å²) >= 11 is 0. The molecule has 1 saturated heterocycles. The fourth-order valence-electron chi connectivity index (χ4n) is 3.76. The average molecular weight is 427 g/mol. The van der Waals surface area contributed by atoms with Gasteiger partial charge in [0.05, 0.1) is 30.1 Å². The van der Waals surface area contributed by atoms with E-state index in [2.05, 4.69) is 15.3 Å². The van der Waals surface area contributed by atoms with Gasteiger partial charge < -0.3 is 19.5 Å². The molecule has 4 heterocycles. The van der Waals surface area contributed by atoms with Crippen LogP contribution in [0.3, 0.4) is 0 Å². The number of carbonyl (C=O) groups is 1. The summed E-state index contributed by atoms with van der Waals surface area (Å²) in [5, 5.41) is 7.99. The number of benzene rings is 1. The Morgan fingerprint density at radius 1 is 1.19 bits per heavy atom. The van der Waals surface area contributed by atoms with Gasteiger partial charge in [0.2, 0.25) is 0 Å². The molecule has 3 aromatic rings. The number of hydrogen-bond donors (Lipinski definition) is 1. The average Bonchev–Trinajstić information content (AvgIpc) is 3.19. The fraction of sp³-hybridized carbons (Fsp3) is 0.429. The van der Waals surface area contributed by atoms with Gasteiger partial charge >= 0.3 is 6.09 Å². The number of hydrogen-bond acceptors (Lipinski definition) is 7. The summed E-state index contributed by atoms with van der Waals surface area (Å²) in [5.74, 6) is 0.502. The minimum absolute atomic E-state index is 0.0875. The van der Waals surface area contributed by atoms with Crippen molar-refractivity contribution in [2.75, 3.05) is 19.8 Å². The summed E-state index contributed by atoms with van der Waals surface area (Å²) in [6.07, 6.45) is 3.82. The molecule has 2 aromatic heterocycles. The van der Waals surface area contributed by atoms with E-state index >= 15 is 0 Å². The van der Waals surface area contributed by atoms with Crippen LogP contribution in [0.1, 0.15) is 31.2 Å². The number of alkyl carbamates (subject to hydrolysis) is 1. The molecule has 0 radical (unpaired) electrons. The predicted molar refractivity (Wildman–Crippen MR) is 108 cm³/mol. The zero-order valence-corrected chi connectivity index (χ0v) is 16.8. The van der Waals surface area contributed by atoms with E-state index in [1.54, 1.807) is 12.3 Å². The molecule has 2 aliphatic rings. The van der Waals surface area contributed by atoms with Crippen molar-refractivity contribution < 1.29 is 23.4 Å². The van der Waals surface area contributed by atoms with Crippen molar-refractivity contribution in [2.24, 2.45) is 0 Å². The Kier molecular flexibility index (Phi) is 5.37. The Labute approximate surface area is 177 Å². The summed E-state index contributed by atoms with van der Waals surface area (Å²) in [5.41, 5.74) is 2.48. The molecule has 2 aliphatic heterocycles. The Morgan fingerprint density at radius 3 is 3.00 bits per heavy atom. The monoisotopic (exact) mass is 427 g/mol. The van der Waals surface area contributed by atoms with Crippen LogP contribution in [0.4, 0.5) is 9.18 Å². The summed E-state index contributed by atoms with van der Waals surface area (Å²) in [7, 11) is 0. The SMILES string of the molecule is O=C1NC[C@@H](F)COc2ccc3c(c2)c(nn3C2CCCCO2)-c2cncc(n2)CO1. The molecular formula is C21H22FN5O4. The van der Waals surface area contributed by atoms with Crippen LogP contribution in [0.25, 0.3) is 22.3 Å². The Hall–Kier alpha value is -3.27. The highest BCUT2D eigenvalue weighted by Gasteiger charge is 2.23. The minimum Gasteiger partial charge on any atom is -0.490 e. The van der Waals surface area contributed by atoms with Crippen LogP contribution >= 0.6 is 0 Å². The normalized spacial score (nSPS) is 22.2. The molecule has 10 heteroatoms. The summed E-state index contributed by atoms with van der Waals surface area (Å²) in [4.78, 5) is 20.6. The molecule has 4 bridgehead atoms. The van der Waals surface area contributed by atoms with Crippen LogP contribution in [0.15, 0.2) is 30.6 Å². The van der Waals surface area contributed by atoms with E-state index in [0.29, 0.717) is 29.4 Å². The summed E-state index contributed by atoms with van der Waals surface area (Å²) in [6, 6.07) is 5.50. The van der Waals surface area contributed by atoms with E-state index < -0.39 is 12.3 Å². The Bertz CT molecular complexity index is 1100. The second kappa shape index (κ2) is 8.46. The second-order valence-electron chi connectivity index (χ2n) is 7.55. The van der Waals surface area contributed by atoms with Crippen molar-refractivity contribution in [1.29, 1.82) is 0 Å². The number of cyclic esters (lactones) is 1. The van der Waals surface area contributed by atoms with Crippen molar-refractivity contribution in [3.05, 3.63) is 36.3 Å². The maximum Gasteiger partial charge on any atom is 0.407 e. The van der Waals surface area contributed by atoms with Crippen molar-refractivity contribution in [3.63, 3.8) is 0 Å². The van der Waals surface area contributed by atoms with Gasteiger partial charge in [-0.3, -0.25) is 4.98 Å². The number of fused-ring (bicyclic) bond motifs is 4. The first-order chi connectivity index (χ1) is 15.2. The van der Waals surface area contributed by atoms with Crippen LogP contribution in [0.5, 0.6) is 5.75 Å². The van der Waals surface area contributed by atoms with Gasteiger partial charge in [0, 0.05) is 12.0 Å². The Morgan fingerprint density at radius 2 is 2.13 bits per heavy atom. The van der Waals surface area contributed by atoms with Gasteiger partial charge in [-0.2, -0.15) is 5.10 Å². The maximum absolute atomic E-state index is 14.2. The minimum atomic E-state index is -1.38. The number of halogens is 1. The molecule has 0 saturated carbocycles. The molecule has 1 N–H and O–H groups in total. The first-order valence-electron chi connectivity index (χ1n) is 10.3. The molecule has 9 nitrogen and oxygen atoms in total. The predicted octanol–water partition coefficient (Wildman–Crippen LogP) is 3.15. The standard InChI is InChI=1S/C21H22FN5O4/c22-13-8-24-21(28)31-12-14-9-23-10-17(25-14)20-16-7-15(30-11-13)4-5-18(16)27(26-20)19-3-1-2-6-29-19/h4-5,7,9-10,13,19H,1-3,6,8,11-12H2,(H,24,28)/t13-,19?/m1/s1. The lowest BCUT2D eigenvalue weighted by atomic mass is 10.1. The second-order valence-corrected chi connectivity index (χ2v) is 7.55. The topological polar surface area (TPSA) is 100 Å². The van der Waals surface area contributed by atoms with Crippen LogP contribution in [-0.2, 0) is 16.1 Å². The van der Waals surface area contributed by atoms with Crippen LogP contribution in [-0.4, -0.2) is 51.8 Å². The molecule has 1 aromatic carbocycles. The number of carbonyl (C=O) groups excluding carboxylic acids is 1. The lowest BCUT2D eigenvalue weighted by Gasteiger charge is -2.23. The first-order valence-corrected chi connectivity index (χ1v) is 10.3. The fourth-order valence-corrected chi connectivity index (χ4v) is 3.76. The number of nitrogens with one attached hydrogen (secondary N) is 1. The number of rotatable bonds is 1. The number of nitrogens with zero attached hydrogens (tertiary/aromatic N) is 4. The van der Waals surface area contributed by atoms with Crippen molar-refractivity contribution in [1.82, 2.24) is 25.1 Å². The highest BCUT2D eigenvalue weighted by Crippen LogP contribution is 2.34. The molecule has 2 atom stereocenters. The lowest BCUT2D eigenvalue weighted by Crippen LogP contribution is -2.33. The van der Waals surface area contributed by atoms with Crippen LogP contribution in [0.2, 0.25) is 0 Å². The van der Waals surface area contributed by atoms with Crippen LogP contribution in [0, 0.1) is 0 Å². The third kappa shape index (κ3) is 4.15. The lowest BCUT2D eigenvalue weighted by molar-refractivity contribution is -0.0365. The molecule has 31 heavy (non-hydrogen) atoms. The highest BCUT2D eigenvalue weighted by atomic mass is 19.1. The molecular weight excluding hydrogens is 405 g/mol. The number of aromatic nitrogens is 4. The van der Waals surface area contributed by atoms with Crippen LogP contribution < -0.4 is 10.1 Å². The molecule has 162 valence electrons. The van der Waals surface area contributed by atoms with Gasteiger partial charge in [-0.1, -0.05) is 0 Å². The number of alkyl halides is 1. The van der Waals surface area contributed by atoms with E-state index in [1.165, 1.54) is 6.20 Å². The molecule has 1 amide bonds. The zero-order chi connectivity index (χ0) is 21.2. The van der Waals surface area contributed by atoms with Gasteiger partial charge in [-0.25, -0.2) is 18.9 Å². The van der Waals surface area contributed by atoms with Crippen molar-refractivity contribution in [2.45, 2.75) is 38.3 Å². The molecule has 5 rings (SSSR count). The zero-order valence-electron chi connectivity index (χ0n) is 16.8. The smallest absolute Gasteiger partial charge is 0.407 e. The van der Waals surface area contributed by atoms with Gasteiger partial charge in [-0.05, 0) is 37.5 Å². The number of amides is 1. The number of ether oxygens (including phenoxy) is 3. The highest BCUT2D eigenvalue weighted by molar-refractivity contribution is 5.93. The maximum atomic E-state index is 14.2. The largest absolute Gasteiger partial charge is 0.490 e.